The molecule has 0 radical (unpaired) electrons. The molecular formula is C26H27F3N4O4S. The van der Waals surface area contributed by atoms with Crippen molar-refractivity contribution >= 4 is 27.3 Å². The molecule has 202 valence electrons. The standard InChI is InChI=1S/C26H27F3N4O4S/c27-26(28,29)21-7-5-19(6-8-21)18-1-3-20(4-2-18)25(35)31-22-9-10-24(34)23(17-22)32-38(36,37)16-15-33-13-11-30-12-14-33/h1-10,17,30,32,34H,11-16H2,(H,31,35). The van der Waals surface area contributed by atoms with Crippen LogP contribution in [0, 0.1) is 0 Å². The maximum absolute atomic E-state index is 12.8. The van der Waals surface area contributed by atoms with Gasteiger partial charge in [0.25, 0.3) is 5.91 Å². The number of carbonyl (C=O) groups excluding carboxylic acids is 1. The number of piperazine rings is 1. The molecule has 38 heavy (non-hydrogen) atoms. The molecule has 8 nitrogen and oxygen atoms in total. The third-order valence-corrected chi connectivity index (χ3v) is 7.35. The number of halogens is 3. The number of rotatable bonds is 8. The van der Waals surface area contributed by atoms with Gasteiger partial charge in [-0.25, -0.2) is 8.42 Å². The van der Waals surface area contributed by atoms with Crippen molar-refractivity contribution in [2.24, 2.45) is 0 Å². The zero-order valence-electron chi connectivity index (χ0n) is 20.3. The summed E-state index contributed by atoms with van der Waals surface area (Å²) < 4.78 is 65.8. The highest BCUT2D eigenvalue weighted by Crippen LogP contribution is 2.31. The fourth-order valence-electron chi connectivity index (χ4n) is 3.97. The van der Waals surface area contributed by atoms with Gasteiger partial charge in [0.05, 0.1) is 17.0 Å². The highest BCUT2D eigenvalue weighted by molar-refractivity contribution is 7.92. The summed E-state index contributed by atoms with van der Waals surface area (Å²) in [5.41, 5.74) is 0.953. The summed E-state index contributed by atoms with van der Waals surface area (Å²) in [5, 5.41) is 16.0. The first kappa shape index (κ1) is 27.4. The number of benzene rings is 3. The van der Waals surface area contributed by atoms with Crippen molar-refractivity contribution in [3.63, 3.8) is 0 Å². The predicted octanol–water partition coefficient (Wildman–Crippen LogP) is 3.98. The lowest BCUT2D eigenvalue weighted by Gasteiger charge is -2.26. The van der Waals surface area contributed by atoms with Crippen LogP contribution >= 0.6 is 0 Å². The van der Waals surface area contributed by atoms with Crippen LogP contribution in [0.1, 0.15) is 15.9 Å². The minimum Gasteiger partial charge on any atom is -0.506 e. The number of hydrogen-bond acceptors (Lipinski definition) is 6. The number of amides is 1. The Morgan fingerprint density at radius 3 is 2.16 bits per heavy atom. The van der Waals surface area contributed by atoms with E-state index < -0.39 is 27.7 Å². The molecule has 0 aromatic heterocycles. The number of nitrogens with one attached hydrogen (secondary N) is 3. The molecule has 0 aliphatic carbocycles. The van der Waals surface area contributed by atoms with Crippen molar-refractivity contribution in [2.75, 3.05) is 48.5 Å². The molecule has 0 spiro atoms. The number of alkyl halides is 3. The summed E-state index contributed by atoms with van der Waals surface area (Å²) in [4.78, 5) is 14.8. The molecule has 1 aliphatic heterocycles. The van der Waals surface area contributed by atoms with E-state index in [1.54, 1.807) is 12.1 Å². The van der Waals surface area contributed by atoms with Crippen LogP contribution in [-0.2, 0) is 16.2 Å². The Morgan fingerprint density at radius 2 is 1.55 bits per heavy atom. The van der Waals surface area contributed by atoms with Gasteiger partial charge in [0.2, 0.25) is 10.0 Å². The van der Waals surface area contributed by atoms with E-state index in [2.05, 4.69) is 15.4 Å². The molecule has 0 atom stereocenters. The summed E-state index contributed by atoms with van der Waals surface area (Å²) in [5.74, 6) is -0.911. The molecule has 0 unspecified atom stereocenters. The zero-order chi connectivity index (χ0) is 27.3. The van der Waals surface area contributed by atoms with Crippen LogP contribution in [0.25, 0.3) is 11.1 Å². The summed E-state index contributed by atoms with van der Waals surface area (Å²) in [6.07, 6.45) is -4.42. The van der Waals surface area contributed by atoms with Gasteiger partial charge in [-0.3, -0.25) is 14.4 Å². The molecule has 0 bridgehead atoms. The van der Waals surface area contributed by atoms with Gasteiger partial charge in [0.1, 0.15) is 5.75 Å². The van der Waals surface area contributed by atoms with Gasteiger partial charge in [0.15, 0.2) is 0 Å². The Labute approximate surface area is 218 Å². The van der Waals surface area contributed by atoms with Gasteiger partial charge in [-0.1, -0.05) is 24.3 Å². The first-order chi connectivity index (χ1) is 18.0. The number of sulfonamides is 1. The Kier molecular flexibility index (Phi) is 8.24. The quantitative estimate of drug-likeness (QED) is 0.251. The molecule has 3 aromatic carbocycles. The summed E-state index contributed by atoms with van der Waals surface area (Å²) in [6, 6.07) is 15.0. The second-order valence-electron chi connectivity index (χ2n) is 8.85. The fraction of sp³-hybridized carbons (Fsp3) is 0.269. The number of phenols is 1. The van der Waals surface area contributed by atoms with Gasteiger partial charge in [-0.2, -0.15) is 13.2 Å². The van der Waals surface area contributed by atoms with E-state index in [-0.39, 0.29) is 28.4 Å². The normalized spacial score (nSPS) is 14.7. The van der Waals surface area contributed by atoms with Crippen LogP contribution in [0.3, 0.4) is 0 Å². The lowest BCUT2D eigenvalue weighted by Crippen LogP contribution is -2.45. The third-order valence-electron chi connectivity index (χ3n) is 6.10. The molecular weight excluding hydrogens is 521 g/mol. The van der Waals surface area contributed by atoms with Gasteiger partial charge in [-0.05, 0) is 53.6 Å². The highest BCUT2D eigenvalue weighted by Gasteiger charge is 2.30. The van der Waals surface area contributed by atoms with Crippen molar-refractivity contribution in [1.29, 1.82) is 0 Å². The monoisotopic (exact) mass is 548 g/mol. The van der Waals surface area contributed by atoms with E-state index in [4.69, 9.17) is 0 Å². The van der Waals surface area contributed by atoms with E-state index in [0.717, 1.165) is 38.3 Å². The highest BCUT2D eigenvalue weighted by atomic mass is 32.2. The molecule has 1 heterocycles. The first-order valence-electron chi connectivity index (χ1n) is 11.9. The maximum atomic E-state index is 12.8. The molecule has 0 saturated carbocycles. The molecule has 1 aliphatic rings. The lowest BCUT2D eigenvalue weighted by molar-refractivity contribution is -0.137. The first-order valence-corrected chi connectivity index (χ1v) is 13.5. The van der Waals surface area contributed by atoms with Crippen molar-refractivity contribution in [2.45, 2.75) is 6.18 Å². The van der Waals surface area contributed by atoms with Gasteiger partial charge >= 0.3 is 6.18 Å². The molecule has 1 amide bonds. The maximum Gasteiger partial charge on any atom is 0.416 e. The lowest BCUT2D eigenvalue weighted by atomic mass is 10.0. The van der Waals surface area contributed by atoms with Crippen LogP contribution in [0.2, 0.25) is 0 Å². The predicted molar refractivity (Wildman–Crippen MR) is 140 cm³/mol. The van der Waals surface area contributed by atoms with Crippen molar-refractivity contribution in [1.82, 2.24) is 10.2 Å². The van der Waals surface area contributed by atoms with E-state index in [1.165, 1.54) is 42.5 Å². The van der Waals surface area contributed by atoms with Gasteiger partial charge in [-0.15, -0.1) is 0 Å². The Morgan fingerprint density at radius 1 is 0.947 bits per heavy atom. The van der Waals surface area contributed by atoms with Crippen molar-refractivity contribution in [3.8, 4) is 16.9 Å². The van der Waals surface area contributed by atoms with E-state index in [1.807, 2.05) is 4.90 Å². The second-order valence-corrected chi connectivity index (χ2v) is 10.7. The van der Waals surface area contributed by atoms with Crippen LogP contribution < -0.4 is 15.4 Å². The van der Waals surface area contributed by atoms with E-state index in [0.29, 0.717) is 17.7 Å². The summed E-state index contributed by atoms with van der Waals surface area (Å²) >= 11 is 0. The topological polar surface area (TPSA) is 111 Å². The number of aromatic hydroxyl groups is 1. The Hall–Kier alpha value is -3.61. The number of phenolic OH excluding ortho intramolecular Hbond substituents is 1. The molecule has 3 aromatic rings. The molecule has 4 rings (SSSR count). The molecule has 4 N–H and O–H groups in total. The van der Waals surface area contributed by atoms with E-state index in [9.17, 15) is 31.5 Å². The molecule has 1 fully saturated rings. The SMILES string of the molecule is O=C(Nc1ccc(O)c(NS(=O)(=O)CCN2CCNCC2)c1)c1ccc(-c2ccc(C(F)(F)F)cc2)cc1. The Balaban J connectivity index is 1.39. The van der Waals surface area contributed by atoms with Crippen LogP contribution in [0.5, 0.6) is 5.75 Å². The summed E-state index contributed by atoms with van der Waals surface area (Å²) in [7, 11) is -3.74. The number of nitrogens with zero attached hydrogens (tertiary/aromatic N) is 1. The summed E-state index contributed by atoms with van der Waals surface area (Å²) in [6.45, 7) is 3.47. The average Bonchev–Trinajstić information content (AvgIpc) is 2.89. The zero-order valence-corrected chi connectivity index (χ0v) is 21.1. The Bertz CT molecular complexity index is 1370. The van der Waals surface area contributed by atoms with E-state index >= 15 is 0 Å². The van der Waals surface area contributed by atoms with Crippen LogP contribution in [-0.4, -0.2) is 62.8 Å². The smallest absolute Gasteiger partial charge is 0.416 e. The van der Waals surface area contributed by atoms with Gasteiger partial charge < -0.3 is 15.7 Å². The number of anilines is 2. The number of hydrogen-bond donors (Lipinski definition) is 4. The minimum absolute atomic E-state index is 0.0548. The average molecular weight is 549 g/mol. The number of carbonyl (C=O) groups is 1. The molecule has 1 saturated heterocycles. The third kappa shape index (κ3) is 7.24. The largest absolute Gasteiger partial charge is 0.506 e. The minimum atomic E-state index is -4.42. The molecule has 12 heteroatoms. The van der Waals surface area contributed by atoms with Crippen molar-refractivity contribution in [3.05, 3.63) is 77.9 Å². The fourth-order valence-corrected chi connectivity index (χ4v) is 5.07. The van der Waals surface area contributed by atoms with Gasteiger partial charge in [0, 0.05) is 44.0 Å². The van der Waals surface area contributed by atoms with Crippen LogP contribution in [0.4, 0.5) is 24.5 Å². The second kappa shape index (κ2) is 11.4. The van der Waals surface area contributed by atoms with Crippen molar-refractivity contribution < 1.29 is 31.5 Å². The van der Waals surface area contributed by atoms with Crippen LogP contribution in [0.15, 0.2) is 66.7 Å².